The molecule has 1 aromatic carbocycles. The predicted octanol–water partition coefficient (Wildman–Crippen LogP) is 2.85. The molecule has 0 N–H and O–H groups in total. The van der Waals surface area contributed by atoms with E-state index in [1.54, 1.807) is 18.2 Å². The number of benzene rings is 1. The zero-order chi connectivity index (χ0) is 12.0. The van der Waals surface area contributed by atoms with Crippen LogP contribution >= 0.6 is 0 Å². The third kappa shape index (κ3) is 2.63. The molecule has 0 amide bonds. The Morgan fingerprint density at radius 3 is 2.56 bits per heavy atom. The van der Waals surface area contributed by atoms with Gasteiger partial charge in [0.05, 0.1) is 18.8 Å². The van der Waals surface area contributed by atoms with Crippen molar-refractivity contribution in [3.63, 3.8) is 0 Å². The van der Waals surface area contributed by atoms with Gasteiger partial charge in [-0.05, 0) is 32.1 Å². The molecule has 0 fully saturated rings. The second kappa shape index (κ2) is 5.95. The van der Waals surface area contributed by atoms with Crippen molar-refractivity contribution in [1.82, 2.24) is 0 Å². The predicted molar refractivity (Wildman–Crippen MR) is 63.3 cm³/mol. The van der Waals surface area contributed by atoms with Crippen molar-refractivity contribution in [1.29, 1.82) is 0 Å². The topological polar surface area (TPSA) is 35.5 Å². The van der Waals surface area contributed by atoms with E-state index < -0.39 is 0 Å². The first kappa shape index (κ1) is 12.3. The van der Waals surface area contributed by atoms with E-state index in [-0.39, 0.29) is 5.78 Å². The summed E-state index contributed by atoms with van der Waals surface area (Å²) < 4.78 is 10.9. The van der Waals surface area contributed by atoms with E-state index >= 15 is 0 Å². The van der Waals surface area contributed by atoms with E-state index in [2.05, 4.69) is 6.58 Å². The van der Waals surface area contributed by atoms with Crippen LogP contribution in [0.2, 0.25) is 0 Å². The molecule has 1 rings (SSSR count). The van der Waals surface area contributed by atoms with Gasteiger partial charge in [-0.25, -0.2) is 0 Å². The zero-order valence-electron chi connectivity index (χ0n) is 9.66. The SMILES string of the molecule is C=CC(=O)c1cccc(OCC)c1OCC. The fourth-order valence-electron chi connectivity index (χ4n) is 1.38. The van der Waals surface area contributed by atoms with Gasteiger partial charge in [-0.3, -0.25) is 4.79 Å². The van der Waals surface area contributed by atoms with Crippen LogP contribution in [0.25, 0.3) is 0 Å². The highest BCUT2D eigenvalue weighted by atomic mass is 16.5. The van der Waals surface area contributed by atoms with Crippen LogP contribution in [0.1, 0.15) is 24.2 Å². The largest absolute Gasteiger partial charge is 0.490 e. The summed E-state index contributed by atoms with van der Waals surface area (Å²) in [6.45, 7) is 8.24. The van der Waals surface area contributed by atoms with Crippen molar-refractivity contribution in [3.05, 3.63) is 36.4 Å². The van der Waals surface area contributed by atoms with E-state index in [1.165, 1.54) is 6.08 Å². The number of rotatable bonds is 6. The Balaban J connectivity index is 3.20. The van der Waals surface area contributed by atoms with Crippen molar-refractivity contribution in [2.45, 2.75) is 13.8 Å². The molecular weight excluding hydrogens is 204 g/mol. The molecule has 1 aromatic rings. The third-order valence-electron chi connectivity index (χ3n) is 2.02. The van der Waals surface area contributed by atoms with Crippen LogP contribution < -0.4 is 9.47 Å². The molecule has 0 radical (unpaired) electrons. The average Bonchev–Trinajstić information content (AvgIpc) is 2.31. The van der Waals surface area contributed by atoms with Gasteiger partial charge < -0.3 is 9.47 Å². The summed E-state index contributed by atoms with van der Waals surface area (Å²) in [4.78, 5) is 11.6. The van der Waals surface area contributed by atoms with Crippen molar-refractivity contribution >= 4 is 5.78 Å². The molecule has 0 saturated carbocycles. The molecule has 3 nitrogen and oxygen atoms in total. The van der Waals surface area contributed by atoms with Gasteiger partial charge in [-0.2, -0.15) is 0 Å². The normalized spacial score (nSPS) is 9.62. The Morgan fingerprint density at radius 1 is 1.31 bits per heavy atom. The van der Waals surface area contributed by atoms with Gasteiger partial charge >= 0.3 is 0 Å². The molecule has 3 heteroatoms. The molecule has 0 saturated heterocycles. The minimum atomic E-state index is -0.162. The first-order valence-electron chi connectivity index (χ1n) is 5.29. The summed E-state index contributed by atoms with van der Waals surface area (Å²) in [5, 5.41) is 0. The Bertz CT molecular complexity index is 383. The first-order chi connectivity index (χ1) is 7.74. The number of hydrogen-bond acceptors (Lipinski definition) is 3. The van der Waals surface area contributed by atoms with Crippen molar-refractivity contribution in [2.24, 2.45) is 0 Å². The minimum absolute atomic E-state index is 0.162. The summed E-state index contributed by atoms with van der Waals surface area (Å²) in [6, 6.07) is 5.26. The lowest BCUT2D eigenvalue weighted by molar-refractivity contribution is 0.104. The molecule has 0 aliphatic rings. The standard InChI is InChI=1S/C13H16O3/c1-4-11(14)10-8-7-9-12(15-5-2)13(10)16-6-3/h4,7-9H,1,5-6H2,2-3H3. The molecule has 0 heterocycles. The molecule has 0 aromatic heterocycles. The quantitative estimate of drug-likeness (QED) is 0.546. The highest BCUT2D eigenvalue weighted by Gasteiger charge is 2.14. The summed E-state index contributed by atoms with van der Waals surface area (Å²) in [7, 11) is 0. The summed E-state index contributed by atoms with van der Waals surface area (Å²) in [5.41, 5.74) is 0.489. The smallest absolute Gasteiger partial charge is 0.189 e. The Labute approximate surface area is 95.7 Å². The number of hydrogen-bond donors (Lipinski definition) is 0. The highest BCUT2D eigenvalue weighted by Crippen LogP contribution is 2.31. The van der Waals surface area contributed by atoms with Gasteiger partial charge in [0, 0.05) is 0 Å². The lowest BCUT2D eigenvalue weighted by Gasteiger charge is -2.13. The molecule has 0 aliphatic carbocycles. The monoisotopic (exact) mass is 220 g/mol. The van der Waals surface area contributed by atoms with Gasteiger partial charge in [0.25, 0.3) is 0 Å². The lowest BCUT2D eigenvalue weighted by Crippen LogP contribution is -2.04. The number of carbonyl (C=O) groups excluding carboxylic acids is 1. The first-order valence-corrected chi connectivity index (χ1v) is 5.29. The average molecular weight is 220 g/mol. The molecule has 0 aliphatic heterocycles. The fraction of sp³-hybridized carbons (Fsp3) is 0.308. The maximum Gasteiger partial charge on any atom is 0.189 e. The van der Waals surface area contributed by atoms with Crippen LogP contribution in [0.5, 0.6) is 11.5 Å². The van der Waals surface area contributed by atoms with Crippen molar-refractivity contribution in [2.75, 3.05) is 13.2 Å². The van der Waals surface area contributed by atoms with Crippen molar-refractivity contribution < 1.29 is 14.3 Å². The van der Waals surface area contributed by atoms with Gasteiger partial charge in [0.2, 0.25) is 0 Å². The van der Waals surface area contributed by atoms with E-state index in [9.17, 15) is 4.79 Å². The molecule has 0 bridgehead atoms. The number of ether oxygens (including phenoxy) is 2. The molecule has 0 atom stereocenters. The van der Waals surface area contributed by atoms with Crippen LogP contribution in [0, 0.1) is 0 Å². The van der Waals surface area contributed by atoms with Crippen LogP contribution in [-0.4, -0.2) is 19.0 Å². The number of carbonyl (C=O) groups is 1. The summed E-state index contributed by atoms with van der Waals surface area (Å²) >= 11 is 0. The molecule has 0 spiro atoms. The van der Waals surface area contributed by atoms with Crippen LogP contribution in [-0.2, 0) is 0 Å². The molecule has 86 valence electrons. The lowest BCUT2D eigenvalue weighted by atomic mass is 10.1. The van der Waals surface area contributed by atoms with E-state index in [1.807, 2.05) is 13.8 Å². The number of para-hydroxylation sites is 1. The maximum atomic E-state index is 11.6. The Kier molecular flexibility index (Phi) is 4.58. The third-order valence-corrected chi connectivity index (χ3v) is 2.02. The van der Waals surface area contributed by atoms with Gasteiger partial charge in [-0.1, -0.05) is 12.6 Å². The fourth-order valence-corrected chi connectivity index (χ4v) is 1.38. The van der Waals surface area contributed by atoms with Crippen LogP contribution in [0.15, 0.2) is 30.9 Å². The number of ketones is 1. The Hall–Kier alpha value is -1.77. The van der Waals surface area contributed by atoms with Gasteiger partial charge in [-0.15, -0.1) is 0 Å². The van der Waals surface area contributed by atoms with E-state index in [0.29, 0.717) is 30.3 Å². The molecule has 0 unspecified atom stereocenters. The van der Waals surface area contributed by atoms with Crippen LogP contribution in [0.3, 0.4) is 0 Å². The summed E-state index contributed by atoms with van der Waals surface area (Å²) in [5.74, 6) is 0.929. The Morgan fingerprint density at radius 2 is 2.00 bits per heavy atom. The summed E-state index contributed by atoms with van der Waals surface area (Å²) in [6.07, 6.45) is 1.27. The van der Waals surface area contributed by atoms with E-state index in [0.717, 1.165) is 0 Å². The van der Waals surface area contributed by atoms with Gasteiger partial charge in [0.1, 0.15) is 0 Å². The minimum Gasteiger partial charge on any atom is -0.490 e. The molecule has 16 heavy (non-hydrogen) atoms. The molecular formula is C13H16O3. The maximum absolute atomic E-state index is 11.6. The van der Waals surface area contributed by atoms with Crippen molar-refractivity contribution in [3.8, 4) is 11.5 Å². The van der Waals surface area contributed by atoms with Crippen LogP contribution in [0.4, 0.5) is 0 Å². The highest BCUT2D eigenvalue weighted by molar-refractivity contribution is 6.06. The zero-order valence-corrected chi connectivity index (χ0v) is 9.66. The second-order valence-electron chi connectivity index (χ2n) is 3.07. The van der Waals surface area contributed by atoms with Gasteiger partial charge in [0.15, 0.2) is 17.3 Å². The second-order valence-corrected chi connectivity index (χ2v) is 3.07. The van der Waals surface area contributed by atoms with E-state index in [4.69, 9.17) is 9.47 Å². The number of allylic oxidation sites excluding steroid dienone is 1.